The Bertz CT molecular complexity index is 331. The third-order valence-electron chi connectivity index (χ3n) is 1.68. The van der Waals surface area contributed by atoms with E-state index in [2.05, 4.69) is 36.9 Å². The molecule has 0 aromatic heterocycles. The van der Waals surface area contributed by atoms with Crippen LogP contribution in [0.15, 0.2) is 43.7 Å². The van der Waals surface area contributed by atoms with Gasteiger partial charge in [-0.3, -0.25) is 0 Å². The molecule has 1 aromatic carbocycles. The van der Waals surface area contributed by atoms with Crippen LogP contribution in [0.25, 0.3) is 0 Å². The molecule has 0 saturated carbocycles. The first-order valence-electron chi connectivity index (χ1n) is 4.28. The molecule has 0 atom stereocenters. The number of thioether (sulfide) groups is 3. The quantitative estimate of drug-likeness (QED) is 0.785. The van der Waals surface area contributed by atoms with E-state index >= 15 is 0 Å². The molecule has 0 amide bonds. The standard InChI is InChI=1S/C10H10S4/c11-9-10(13-7-6-12-9)14-8-4-2-1-3-5-8/h1-5,11H,6-7H2. The Morgan fingerprint density at radius 3 is 2.50 bits per heavy atom. The van der Waals surface area contributed by atoms with Crippen LogP contribution in [0.3, 0.4) is 0 Å². The van der Waals surface area contributed by atoms with Crippen molar-refractivity contribution in [2.45, 2.75) is 4.90 Å². The molecule has 0 radical (unpaired) electrons. The van der Waals surface area contributed by atoms with E-state index in [9.17, 15) is 0 Å². The average Bonchev–Trinajstić information content (AvgIpc) is 2.23. The molecule has 74 valence electrons. The minimum atomic E-state index is 1.18. The van der Waals surface area contributed by atoms with Crippen molar-refractivity contribution in [1.29, 1.82) is 0 Å². The van der Waals surface area contributed by atoms with Gasteiger partial charge in [-0.25, -0.2) is 0 Å². The lowest BCUT2D eigenvalue weighted by Crippen LogP contribution is -1.91. The topological polar surface area (TPSA) is 0 Å². The smallest absolute Gasteiger partial charge is 0.0648 e. The highest BCUT2D eigenvalue weighted by atomic mass is 32.2. The molecule has 0 saturated heterocycles. The van der Waals surface area contributed by atoms with Crippen molar-refractivity contribution in [3.05, 3.63) is 38.8 Å². The summed E-state index contributed by atoms with van der Waals surface area (Å²) in [5, 5.41) is 0. The molecule has 0 N–H and O–H groups in total. The second-order valence-electron chi connectivity index (χ2n) is 2.70. The molecule has 1 aliphatic heterocycles. The number of thiol groups is 1. The van der Waals surface area contributed by atoms with Gasteiger partial charge in [-0.15, -0.1) is 36.2 Å². The number of rotatable bonds is 2. The second-order valence-corrected chi connectivity index (χ2v) is 7.01. The number of hydrogen-bond acceptors (Lipinski definition) is 4. The fraction of sp³-hybridized carbons (Fsp3) is 0.200. The highest BCUT2D eigenvalue weighted by Crippen LogP contribution is 2.45. The third kappa shape index (κ3) is 2.92. The molecule has 4 heteroatoms. The van der Waals surface area contributed by atoms with Gasteiger partial charge in [-0.2, -0.15) is 0 Å². The fourth-order valence-electron chi connectivity index (χ4n) is 1.06. The van der Waals surface area contributed by atoms with Gasteiger partial charge in [-0.1, -0.05) is 30.0 Å². The zero-order valence-corrected chi connectivity index (χ0v) is 10.8. The maximum atomic E-state index is 4.49. The predicted molar refractivity (Wildman–Crippen MR) is 73.2 cm³/mol. The average molecular weight is 258 g/mol. The van der Waals surface area contributed by atoms with Gasteiger partial charge in [0.2, 0.25) is 0 Å². The highest BCUT2D eigenvalue weighted by Gasteiger charge is 2.12. The van der Waals surface area contributed by atoms with Gasteiger partial charge in [0.05, 0.1) is 8.47 Å². The highest BCUT2D eigenvalue weighted by molar-refractivity contribution is 8.27. The zero-order valence-electron chi connectivity index (χ0n) is 7.47. The van der Waals surface area contributed by atoms with Crippen molar-refractivity contribution in [2.24, 2.45) is 0 Å². The Kier molecular flexibility index (Phi) is 4.23. The summed E-state index contributed by atoms with van der Waals surface area (Å²) in [6.07, 6.45) is 0. The Morgan fingerprint density at radius 1 is 1.07 bits per heavy atom. The molecule has 14 heavy (non-hydrogen) atoms. The Labute approximate surface area is 103 Å². The third-order valence-corrected chi connectivity index (χ3v) is 6.38. The summed E-state index contributed by atoms with van der Waals surface area (Å²) in [5.41, 5.74) is 0. The van der Waals surface area contributed by atoms with E-state index in [1.54, 1.807) is 0 Å². The molecule has 0 bridgehead atoms. The summed E-state index contributed by atoms with van der Waals surface area (Å²) >= 11 is 10.1. The van der Waals surface area contributed by atoms with Crippen LogP contribution < -0.4 is 0 Å². The van der Waals surface area contributed by atoms with E-state index < -0.39 is 0 Å². The van der Waals surface area contributed by atoms with Crippen LogP contribution in [-0.4, -0.2) is 11.5 Å². The van der Waals surface area contributed by atoms with E-state index in [0.717, 1.165) is 0 Å². The monoisotopic (exact) mass is 258 g/mol. The maximum absolute atomic E-state index is 4.49. The molecular weight excluding hydrogens is 248 g/mol. The minimum Gasteiger partial charge on any atom is -0.135 e. The van der Waals surface area contributed by atoms with E-state index in [1.165, 1.54) is 24.9 Å². The van der Waals surface area contributed by atoms with Gasteiger partial charge in [-0.05, 0) is 12.1 Å². The van der Waals surface area contributed by atoms with Gasteiger partial charge >= 0.3 is 0 Å². The van der Waals surface area contributed by atoms with Crippen molar-refractivity contribution in [3.8, 4) is 0 Å². The van der Waals surface area contributed by atoms with Gasteiger partial charge in [0.1, 0.15) is 0 Å². The predicted octanol–water partition coefficient (Wildman–Crippen LogP) is 4.32. The lowest BCUT2D eigenvalue weighted by molar-refractivity contribution is 1.47. The molecule has 0 fully saturated rings. The zero-order chi connectivity index (χ0) is 9.80. The molecule has 0 nitrogen and oxygen atoms in total. The molecule has 0 spiro atoms. The molecule has 2 rings (SSSR count). The van der Waals surface area contributed by atoms with E-state index in [1.807, 2.05) is 41.4 Å². The lowest BCUT2D eigenvalue weighted by Gasteiger charge is -2.14. The molecule has 1 aromatic rings. The fourth-order valence-corrected chi connectivity index (χ4v) is 4.98. The summed E-state index contributed by atoms with van der Waals surface area (Å²) in [7, 11) is 0. The van der Waals surface area contributed by atoms with Crippen LogP contribution in [0.2, 0.25) is 0 Å². The first kappa shape index (κ1) is 10.9. The van der Waals surface area contributed by atoms with Crippen molar-refractivity contribution in [1.82, 2.24) is 0 Å². The molecular formula is C10H10S4. The Morgan fingerprint density at radius 2 is 1.79 bits per heavy atom. The molecule has 1 heterocycles. The summed E-state index contributed by atoms with van der Waals surface area (Å²) in [6.45, 7) is 0. The molecule has 0 aliphatic carbocycles. The second kappa shape index (κ2) is 5.45. The maximum Gasteiger partial charge on any atom is 0.0648 e. The van der Waals surface area contributed by atoms with E-state index in [-0.39, 0.29) is 0 Å². The summed E-state index contributed by atoms with van der Waals surface area (Å²) in [5.74, 6) is 2.38. The largest absolute Gasteiger partial charge is 0.135 e. The Hall–Kier alpha value is 0.360. The normalized spacial score (nSPS) is 17.2. The van der Waals surface area contributed by atoms with Crippen molar-refractivity contribution in [2.75, 3.05) is 11.5 Å². The van der Waals surface area contributed by atoms with Gasteiger partial charge in [0.25, 0.3) is 0 Å². The van der Waals surface area contributed by atoms with Crippen LogP contribution in [0.4, 0.5) is 0 Å². The Balaban J connectivity index is 2.10. The summed E-state index contributed by atoms with van der Waals surface area (Å²) < 4.78 is 2.52. The first-order chi connectivity index (χ1) is 6.86. The van der Waals surface area contributed by atoms with Crippen molar-refractivity contribution in [3.63, 3.8) is 0 Å². The van der Waals surface area contributed by atoms with Crippen molar-refractivity contribution < 1.29 is 0 Å². The minimum absolute atomic E-state index is 1.18. The van der Waals surface area contributed by atoms with Crippen molar-refractivity contribution >= 4 is 47.9 Å². The van der Waals surface area contributed by atoms with Gasteiger partial charge in [0, 0.05) is 16.4 Å². The van der Waals surface area contributed by atoms with Gasteiger partial charge < -0.3 is 0 Å². The SMILES string of the molecule is SC1=C(Sc2ccccc2)SCCS1. The van der Waals surface area contributed by atoms with E-state index in [4.69, 9.17) is 0 Å². The molecule has 1 aliphatic rings. The van der Waals surface area contributed by atoms with Crippen LogP contribution >= 0.6 is 47.9 Å². The van der Waals surface area contributed by atoms with Crippen LogP contribution in [-0.2, 0) is 0 Å². The lowest BCUT2D eigenvalue weighted by atomic mass is 10.4. The number of benzene rings is 1. The van der Waals surface area contributed by atoms with E-state index in [0.29, 0.717) is 0 Å². The van der Waals surface area contributed by atoms with Crippen LogP contribution in [0, 0.1) is 0 Å². The summed E-state index contributed by atoms with van der Waals surface area (Å²) in [4.78, 5) is 1.30. The van der Waals surface area contributed by atoms with Gasteiger partial charge in [0.15, 0.2) is 0 Å². The summed E-state index contributed by atoms with van der Waals surface area (Å²) in [6, 6.07) is 10.5. The van der Waals surface area contributed by atoms with Crippen LogP contribution in [0.5, 0.6) is 0 Å². The first-order valence-corrected chi connectivity index (χ1v) is 7.51. The number of hydrogen-bond donors (Lipinski definition) is 1. The molecule has 0 unspecified atom stereocenters. The van der Waals surface area contributed by atoms with Crippen LogP contribution in [0.1, 0.15) is 0 Å².